The van der Waals surface area contributed by atoms with Gasteiger partial charge in [-0.3, -0.25) is 0 Å². The molecule has 1 rings (SSSR count). The Morgan fingerprint density at radius 1 is 1.19 bits per heavy atom. The summed E-state index contributed by atoms with van der Waals surface area (Å²) in [5.74, 6) is 1.12. The third kappa shape index (κ3) is 4.06. The second-order valence-electron chi connectivity index (χ2n) is 6.08. The molecular formula is C14H29NO. The Labute approximate surface area is 101 Å². The van der Waals surface area contributed by atoms with Gasteiger partial charge < -0.3 is 10.4 Å². The molecule has 0 aromatic carbocycles. The van der Waals surface area contributed by atoms with Crippen LogP contribution in [0.15, 0.2) is 0 Å². The van der Waals surface area contributed by atoms with E-state index in [-0.39, 0.29) is 0 Å². The zero-order chi connectivity index (χ0) is 12.2. The van der Waals surface area contributed by atoms with Gasteiger partial charge in [-0.25, -0.2) is 0 Å². The fraction of sp³-hybridized carbons (Fsp3) is 1.00. The lowest BCUT2D eigenvalue weighted by molar-refractivity contribution is 0.00998. The van der Waals surface area contributed by atoms with Crippen LogP contribution in [-0.2, 0) is 0 Å². The van der Waals surface area contributed by atoms with Crippen LogP contribution in [0, 0.1) is 11.8 Å². The molecule has 1 aliphatic rings. The molecule has 1 unspecified atom stereocenters. The molecule has 0 radical (unpaired) electrons. The summed E-state index contributed by atoms with van der Waals surface area (Å²) in [6.45, 7) is 9.06. The smallest absolute Gasteiger partial charge is 0.0766 e. The third-order valence-electron chi connectivity index (χ3n) is 4.38. The molecule has 2 heteroatoms. The summed E-state index contributed by atoms with van der Waals surface area (Å²) >= 11 is 0. The van der Waals surface area contributed by atoms with E-state index in [1.807, 2.05) is 6.92 Å². The molecule has 0 amide bonds. The van der Waals surface area contributed by atoms with Crippen LogP contribution >= 0.6 is 0 Å². The summed E-state index contributed by atoms with van der Waals surface area (Å²) in [5.41, 5.74) is -0.580. The van der Waals surface area contributed by atoms with Gasteiger partial charge in [0.05, 0.1) is 5.60 Å². The molecule has 2 atom stereocenters. The quantitative estimate of drug-likeness (QED) is 0.757. The van der Waals surface area contributed by atoms with Crippen molar-refractivity contribution in [1.29, 1.82) is 0 Å². The van der Waals surface area contributed by atoms with E-state index < -0.39 is 5.60 Å². The van der Waals surface area contributed by atoms with Crippen LogP contribution in [0.4, 0.5) is 0 Å². The minimum atomic E-state index is -0.580. The number of hydrogen-bond donors (Lipinski definition) is 2. The minimum Gasteiger partial charge on any atom is -0.389 e. The first-order valence-corrected chi connectivity index (χ1v) is 6.89. The topological polar surface area (TPSA) is 32.3 Å². The average molecular weight is 227 g/mol. The van der Waals surface area contributed by atoms with E-state index in [0.717, 1.165) is 5.92 Å². The maximum atomic E-state index is 10.2. The van der Waals surface area contributed by atoms with E-state index in [4.69, 9.17) is 0 Å². The summed E-state index contributed by atoms with van der Waals surface area (Å²) in [7, 11) is 0. The predicted molar refractivity (Wildman–Crippen MR) is 69.5 cm³/mol. The van der Waals surface area contributed by atoms with Crippen molar-refractivity contribution in [1.82, 2.24) is 5.32 Å². The first-order valence-electron chi connectivity index (χ1n) is 6.89. The summed E-state index contributed by atoms with van der Waals surface area (Å²) in [6.07, 6.45) is 6.90. The first-order chi connectivity index (χ1) is 7.43. The normalized spacial score (nSPS) is 24.4. The van der Waals surface area contributed by atoms with Crippen molar-refractivity contribution in [2.75, 3.05) is 6.54 Å². The van der Waals surface area contributed by atoms with Crippen molar-refractivity contribution in [3.8, 4) is 0 Å². The third-order valence-corrected chi connectivity index (χ3v) is 4.38. The van der Waals surface area contributed by atoms with Crippen LogP contribution in [-0.4, -0.2) is 23.3 Å². The lowest BCUT2D eigenvalue weighted by Crippen LogP contribution is -2.47. The molecule has 1 aliphatic carbocycles. The Bertz CT molecular complexity index is 195. The van der Waals surface area contributed by atoms with E-state index in [2.05, 4.69) is 26.1 Å². The van der Waals surface area contributed by atoms with Gasteiger partial charge in [0.15, 0.2) is 0 Å². The molecule has 0 saturated heterocycles. The van der Waals surface area contributed by atoms with Crippen molar-refractivity contribution in [2.24, 2.45) is 11.8 Å². The zero-order valence-electron chi connectivity index (χ0n) is 11.4. The number of hydrogen-bond acceptors (Lipinski definition) is 2. The van der Waals surface area contributed by atoms with Crippen molar-refractivity contribution in [3.05, 3.63) is 0 Å². The Morgan fingerprint density at radius 2 is 1.75 bits per heavy atom. The lowest BCUT2D eigenvalue weighted by atomic mass is 9.84. The van der Waals surface area contributed by atoms with Crippen LogP contribution < -0.4 is 5.32 Å². The molecule has 0 aliphatic heterocycles. The average Bonchev–Trinajstić information content (AvgIpc) is 2.27. The largest absolute Gasteiger partial charge is 0.389 e. The molecule has 0 aromatic heterocycles. The van der Waals surface area contributed by atoms with Gasteiger partial charge in [-0.15, -0.1) is 0 Å². The Balaban J connectivity index is 2.31. The van der Waals surface area contributed by atoms with E-state index >= 15 is 0 Å². The molecule has 0 aromatic rings. The summed E-state index contributed by atoms with van der Waals surface area (Å²) in [4.78, 5) is 0. The van der Waals surface area contributed by atoms with Gasteiger partial charge in [-0.2, -0.15) is 0 Å². The van der Waals surface area contributed by atoms with Crippen LogP contribution in [0.3, 0.4) is 0 Å². The minimum absolute atomic E-state index is 0.304. The maximum Gasteiger partial charge on any atom is 0.0766 e. The fourth-order valence-corrected chi connectivity index (χ4v) is 2.37. The highest BCUT2D eigenvalue weighted by atomic mass is 16.3. The van der Waals surface area contributed by atoms with E-state index in [9.17, 15) is 5.11 Å². The van der Waals surface area contributed by atoms with Gasteiger partial charge in [-0.1, -0.05) is 33.1 Å². The SMILES string of the molecule is CC(C)C(C)(O)CN[C@H](C)C1CCCCC1. The highest BCUT2D eigenvalue weighted by molar-refractivity contribution is 4.83. The summed E-state index contributed by atoms with van der Waals surface area (Å²) in [6, 6.07) is 0.547. The summed E-state index contributed by atoms with van der Waals surface area (Å²) < 4.78 is 0. The summed E-state index contributed by atoms with van der Waals surface area (Å²) in [5, 5.41) is 13.7. The molecule has 2 N–H and O–H groups in total. The Kier molecular flexibility index (Phi) is 5.26. The number of rotatable bonds is 5. The van der Waals surface area contributed by atoms with E-state index in [1.165, 1.54) is 32.1 Å². The fourth-order valence-electron chi connectivity index (χ4n) is 2.37. The molecule has 1 saturated carbocycles. The van der Waals surface area contributed by atoms with Gasteiger partial charge in [0.25, 0.3) is 0 Å². The molecule has 96 valence electrons. The molecule has 16 heavy (non-hydrogen) atoms. The molecule has 0 spiro atoms. The number of aliphatic hydroxyl groups is 1. The number of nitrogens with one attached hydrogen (secondary N) is 1. The van der Waals surface area contributed by atoms with Gasteiger partial charge >= 0.3 is 0 Å². The van der Waals surface area contributed by atoms with Gasteiger partial charge in [0.1, 0.15) is 0 Å². The second kappa shape index (κ2) is 6.02. The van der Waals surface area contributed by atoms with Gasteiger partial charge in [-0.05, 0) is 38.5 Å². The first kappa shape index (κ1) is 14.0. The van der Waals surface area contributed by atoms with Gasteiger partial charge in [0, 0.05) is 12.6 Å². The Hall–Kier alpha value is -0.0800. The molecule has 2 nitrogen and oxygen atoms in total. The second-order valence-corrected chi connectivity index (χ2v) is 6.08. The molecule has 0 heterocycles. The van der Waals surface area contributed by atoms with Crippen LogP contribution in [0.1, 0.15) is 59.8 Å². The maximum absolute atomic E-state index is 10.2. The predicted octanol–water partition coefficient (Wildman–Crippen LogP) is 2.95. The monoisotopic (exact) mass is 227 g/mol. The lowest BCUT2D eigenvalue weighted by Gasteiger charge is -2.33. The van der Waals surface area contributed by atoms with Crippen molar-refractivity contribution < 1.29 is 5.11 Å². The van der Waals surface area contributed by atoms with Crippen LogP contribution in [0.5, 0.6) is 0 Å². The van der Waals surface area contributed by atoms with Crippen molar-refractivity contribution in [3.63, 3.8) is 0 Å². The van der Waals surface area contributed by atoms with Crippen LogP contribution in [0.2, 0.25) is 0 Å². The van der Waals surface area contributed by atoms with Crippen molar-refractivity contribution in [2.45, 2.75) is 71.4 Å². The van der Waals surface area contributed by atoms with E-state index in [1.54, 1.807) is 0 Å². The highest BCUT2D eigenvalue weighted by Gasteiger charge is 2.27. The van der Waals surface area contributed by atoms with E-state index in [0.29, 0.717) is 18.5 Å². The van der Waals surface area contributed by atoms with Gasteiger partial charge in [0.2, 0.25) is 0 Å². The molecule has 1 fully saturated rings. The zero-order valence-corrected chi connectivity index (χ0v) is 11.4. The molecular weight excluding hydrogens is 198 g/mol. The molecule has 0 bridgehead atoms. The Morgan fingerprint density at radius 3 is 2.25 bits per heavy atom. The highest BCUT2D eigenvalue weighted by Crippen LogP contribution is 2.26. The van der Waals surface area contributed by atoms with Crippen molar-refractivity contribution >= 4 is 0 Å². The standard InChI is InChI=1S/C14H29NO/c1-11(2)14(4,16)10-15-12(3)13-8-6-5-7-9-13/h11-13,15-16H,5-10H2,1-4H3/t12-,14?/m1/s1. The van der Waals surface area contributed by atoms with Crippen LogP contribution in [0.25, 0.3) is 0 Å².